The van der Waals surface area contributed by atoms with Crippen molar-refractivity contribution in [3.05, 3.63) is 301 Å². The predicted octanol–water partition coefficient (Wildman–Crippen LogP) is 18.0. The fourth-order valence-corrected chi connectivity index (χ4v) is 11.0. The van der Waals surface area contributed by atoms with Crippen LogP contribution in [0.25, 0.3) is 55.6 Å². The molecule has 69 heavy (non-hydrogen) atoms. The predicted molar refractivity (Wildman–Crippen MR) is 288 cm³/mol. The summed E-state index contributed by atoms with van der Waals surface area (Å²) >= 11 is 0. The van der Waals surface area contributed by atoms with Crippen molar-refractivity contribution < 1.29 is 6.85 Å². The first-order chi connectivity index (χ1) is 36.3. The standard InChI is InChI=1S/C67H46N2/c1-6-21-47(22-7-1)50-27-20-32-54(43-50)69(66-42-37-51(48-23-8-2-9-24-48)44-61(66)49-25-10-3-11-26-49)56-39-41-60-58-34-17-19-36-63(58)67(65(60)46-56)62-35-18-16-33-57(62)59-40-38-55(45-64(59)67)68(52-28-12-4-13-29-52)53-30-14-5-15-31-53/h1-46H/i1D,6D,7D,21D,22D. The van der Waals surface area contributed by atoms with Gasteiger partial charge in [-0.3, -0.25) is 0 Å². The third-order valence-electron chi connectivity index (χ3n) is 13.9. The molecular formula is C67H46N2. The Balaban J connectivity index is 1.09. The number of fused-ring (bicyclic) bond motifs is 10. The van der Waals surface area contributed by atoms with Gasteiger partial charge in [0.25, 0.3) is 0 Å². The summed E-state index contributed by atoms with van der Waals surface area (Å²) in [5, 5.41) is 0. The molecule has 0 radical (unpaired) electrons. The second-order valence-corrected chi connectivity index (χ2v) is 17.7. The molecule has 0 aromatic heterocycles. The lowest BCUT2D eigenvalue weighted by Gasteiger charge is -2.34. The Morgan fingerprint density at radius 3 is 1.30 bits per heavy atom. The molecule has 324 valence electrons. The molecule has 2 aliphatic carbocycles. The molecule has 1 atom stereocenters. The zero-order valence-electron chi connectivity index (χ0n) is 42.6. The lowest BCUT2D eigenvalue weighted by molar-refractivity contribution is 0.793. The molecule has 1 spiro atoms. The smallest absolute Gasteiger partial charge is 0.0727 e. The van der Waals surface area contributed by atoms with Crippen LogP contribution in [0.5, 0.6) is 0 Å². The normalized spacial score (nSPS) is 14.9. The molecule has 0 fully saturated rings. The summed E-state index contributed by atoms with van der Waals surface area (Å²) in [6.07, 6.45) is 0. The fraction of sp³-hybridized carbons (Fsp3) is 0.0149. The Labute approximate surface area is 411 Å². The van der Waals surface area contributed by atoms with Gasteiger partial charge in [-0.15, -0.1) is 0 Å². The topological polar surface area (TPSA) is 6.48 Å². The van der Waals surface area contributed by atoms with E-state index in [-0.39, 0.29) is 29.7 Å². The molecule has 0 amide bonds. The molecule has 11 aromatic rings. The average molecular weight is 884 g/mol. The van der Waals surface area contributed by atoms with Gasteiger partial charge in [0.15, 0.2) is 0 Å². The van der Waals surface area contributed by atoms with Crippen molar-refractivity contribution in [1.82, 2.24) is 0 Å². The molecule has 2 aliphatic rings. The van der Waals surface area contributed by atoms with Crippen molar-refractivity contribution >= 4 is 34.1 Å². The highest BCUT2D eigenvalue weighted by molar-refractivity contribution is 5.99. The molecule has 0 heterocycles. The van der Waals surface area contributed by atoms with E-state index >= 15 is 0 Å². The largest absolute Gasteiger partial charge is 0.310 e. The molecule has 0 N–H and O–H groups in total. The van der Waals surface area contributed by atoms with E-state index in [0.29, 0.717) is 5.56 Å². The Morgan fingerprint density at radius 1 is 0.261 bits per heavy atom. The first-order valence-corrected chi connectivity index (χ1v) is 23.4. The molecule has 0 aliphatic heterocycles. The van der Waals surface area contributed by atoms with E-state index in [0.717, 1.165) is 67.5 Å². The third-order valence-corrected chi connectivity index (χ3v) is 13.9. The van der Waals surface area contributed by atoms with Crippen molar-refractivity contribution in [2.75, 3.05) is 9.80 Å². The highest BCUT2D eigenvalue weighted by atomic mass is 15.1. The minimum Gasteiger partial charge on any atom is -0.310 e. The maximum absolute atomic E-state index is 9.04. The van der Waals surface area contributed by atoms with Crippen LogP contribution in [0.4, 0.5) is 34.1 Å². The number of anilines is 6. The zero-order valence-corrected chi connectivity index (χ0v) is 37.6. The van der Waals surface area contributed by atoms with Crippen molar-refractivity contribution in [1.29, 1.82) is 0 Å². The number of hydrogen-bond acceptors (Lipinski definition) is 2. The summed E-state index contributed by atoms with van der Waals surface area (Å²) in [6, 6.07) is 86.2. The zero-order chi connectivity index (χ0) is 50.1. The summed E-state index contributed by atoms with van der Waals surface area (Å²) in [7, 11) is 0. The van der Waals surface area contributed by atoms with Gasteiger partial charge in [-0.2, -0.15) is 0 Å². The van der Waals surface area contributed by atoms with Crippen molar-refractivity contribution in [3.8, 4) is 55.6 Å². The van der Waals surface area contributed by atoms with Gasteiger partial charge in [-0.05, 0) is 145 Å². The Bertz CT molecular complexity index is 3890. The molecule has 0 bridgehead atoms. The molecule has 0 saturated carbocycles. The van der Waals surface area contributed by atoms with E-state index in [1.807, 2.05) is 36.4 Å². The van der Waals surface area contributed by atoms with E-state index in [9.17, 15) is 0 Å². The van der Waals surface area contributed by atoms with Crippen LogP contribution in [0.1, 0.15) is 29.1 Å². The highest BCUT2D eigenvalue weighted by Crippen LogP contribution is 2.64. The lowest BCUT2D eigenvalue weighted by Crippen LogP contribution is -2.26. The van der Waals surface area contributed by atoms with Gasteiger partial charge in [-0.1, -0.05) is 206 Å². The number of rotatable bonds is 9. The second kappa shape index (κ2) is 16.7. The van der Waals surface area contributed by atoms with E-state index < -0.39 is 11.5 Å². The van der Waals surface area contributed by atoms with E-state index in [1.54, 1.807) is 0 Å². The number of hydrogen-bond donors (Lipinski definition) is 0. The van der Waals surface area contributed by atoms with Gasteiger partial charge in [0.05, 0.1) is 18.0 Å². The Kier molecular flexibility index (Phi) is 8.54. The van der Waals surface area contributed by atoms with E-state index in [2.05, 4.69) is 222 Å². The molecule has 0 saturated heterocycles. The van der Waals surface area contributed by atoms with Crippen LogP contribution < -0.4 is 9.80 Å². The molecule has 2 heteroatoms. The summed E-state index contributed by atoms with van der Waals surface area (Å²) in [5.74, 6) is 0. The van der Waals surface area contributed by atoms with Crippen LogP contribution in [-0.4, -0.2) is 0 Å². The number of benzene rings is 11. The molecule has 13 rings (SSSR count). The first-order valence-electron chi connectivity index (χ1n) is 25.9. The second-order valence-electron chi connectivity index (χ2n) is 17.7. The third kappa shape index (κ3) is 6.64. The first kappa shape index (κ1) is 35.2. The number of para-hydroxylation sites is 2. The maximum atomic E-state index is 9.04. The summed E-state index contributed by atoms with van der Waals surface area (Å²) in [6.45, 7) is 0. The van der Waals surface area contributed by atoms with Crippen LogP contribution in [0.15, 0.2) is 279 Å². The quantitative estimate of drug-likeness (QED) is 0.142. The van der Waals surface area contributed by atoms with Crippen molar-refractivity contribution in [2.45, 2.75) is 5.41 Å². The Hall–Kier alpha value is -8.98. The van der Waals surface area contributed by atoms with Crippen molar-refractivity contribution in [3.63, 3.8) is 0 Å². The monoisotopic (exact) mass is 883 g/mol. The Morgan fingerprint density at radius 2 is 0.710 bits per heavy atom. The van der Waals surface area contributed by atoms with E-state index in [1.165, 1.54) is 33.4 Å². The SMILES string of the molecule is [2H]c1c([2H])c([2H])c(-c2cccc(N(c3ccc4c(c3)C3(c5ccccc5-c5ccc(N(c6ccccc6)c6ccccc6)cc53)c3ccccc3-4)c3ccc(-c4ccccc4)cc3-c3ccccc3)c2)c([2H])c1[2H]. The van der Waals surface area contributed by atoms with Crippen LogP contribution >= 0.6 is 0 Å². The van der Waals surface area contributed by atoms with Crippen LogP contribution in [0.2, 0.25) is 0 Å². The van der Waals surface area contributed by atoms with Gasteiger partial charge in [-0.25, -0.2) is 0 Å². The average Bonchev–Trinajstić information content (AvgIpc) is 3.94. The summed E-state index contributed by atoms with van der Waals surface area (Å²) in [5.41, 5.74) is 19.4. The minimum absolute atomic E-state index is 0.152. The van der Waals surface area contributed by atoms with Crippen molar-refractivity contribution in [2.24, 2.45) is 0 Å². The van der Waals surface area contributed by atoms with Crippen LogP contribution in [0, 0.1) is 0 Å². The molecule has 11 aromatic carbocycles. The van der Waals surface area contributed by atoms with E-state index in [4.69, 9.17) is 6.85 Å². The van der Waals surface area contributed by atoms with Gasteiger partial charge in [0.2, 0.25) is 0 Å². The van der Waals surface area contributed by atoms with Gasteiger partial charge in [0, 0.05) is 34.0 Å². The van der Waals surface area contributed by atoms with Crippen LogP contribution in [-0.2, 0) is 5.41 Å². The van der Waals surface area contributed by atoms with Gasteiger partial charge < -0.3 is 9.80 Å². The summed E-state index contributed by atoms with van der Waals surface area (Å²) < 4.78 is 43.7. The molecule has 1 unspecified atom stereocenters. The summed E-state index contributed by atoms with van der Waals surface area (Å²) in [4.78, 5) is 4.61. The number of nitrogens with zero attached hydrogens (tertiary/aromatic N) is 2. The molecule has 2 nitrogen and oxygen atoms in total. The van der Waals surface area contributed by atoms with Gasteiger partial charge >= 0.3 is 0 Å². The minimum atomic E-state index is -0.719. The van der Waals surface area contributed by atoms with Crippen LogP contribution in [0.3, 0.4) is 0 Å². The lowest BCUT2D eigenvalue weighted by atomic mass is 9.70. The highest BCUT2D eigenvalue weighted by Gasteiger charge is 2.52. The molecular weight excluding hydrogens is 833 g/mol. The maximum Gasteiger partial charge on any atom is 0.0727 e. The van der Waals surface area contributed by atoms with Gasteiger partial charge in [0.1, 0.15) is 0 Å². The fourth-order valence-electron chi connectivity index (χ4n) is 11.0.